The van der Waals surface area contributed by atoms with Gasteiger partial charge in [0.25, 0.3) is 11.1 Å². The van der Waals surface area contributed by atoms with E-state index in [1.54, 1.807) is 18.2 Å². The van der Waals surface area contributed by atoms with Gasteiger partial charge in [-0.15, -0.1) is 10.2 Å². The van der Waals surface area contributed by atoms with E-state index in [1.165, 1.54) is 34.0 Å². The lowest BCUT2D eigenvalue weighted by molar-refractivity contribution is 0.252. The number of ether oxygens (including phenoxy) is 1. The number of benzene rings is 2. The van der Waals surface area contributed by atoms with E-state index in [9.17, 15) is 0 Å². The Hall–Kier alpha value is -1.69. The van der Waals surface area contributed by atoms with E-state index in [-0.39, 0.29) is 6.61 Å². The van der Waals surface area contributed by atoms with Gasteiger partial charge in [0.2, 0.25) is 0 Å². The van der Waals surface area contributed by atoms with E-state index >= 15 is 0 Å². The minimum absolute atomic E-state index is 0.150. The zero-order valence-corrected chi connectivity index (χ0v) is 17.0. The third-order valence-electron chi connectivity index (χ3n) is 3.87. The van der Waals surface area contributed by atoms with Gasteiger partial charge in [-0.1, -0.05) is 52.7 Å². The molecule has 3 aromatic rings. The van der Waals surface area contributed by atoms with Crippen molar-refractivity contribution in [2.75, 3.05) is 0 Å². The van der Waals surface area contributed by atoms with E-state index in [0.29, 0.717) is 26.9 Å². The number of aromatic nitrogens is 2. The van der Waals surface area contributed by atoms with Crippen molar-refractivity contribution in [3.8, 4) is 5.75 Å². The van der Waals surface area contributed by atoms with Crippen LogP contribution in [-0.2, 0) is 12.4 Å². The third kappa shape index (κ3) is 4.72. The summed E-state index contributed by atoms with van der Waals surface area (Å²) in [4.78, 5) is 0. The van der Waals surface area contributed by atoms with Gasteiger partial charge < -0.3 is 9.15 Å². The summed E-state index contributed by atoms with van der Waals surface area (Å²) >= 11 is 13.5. The molecule has 0 radical (unpaired) electrons. The Morgan fingerprint density at radius 3 is 2.46 bits per heavy atom. The number of hydrogen-bond acceptors (Lipinski definition) is 5. The molecule has 136 valence electrons. The predicted molar refractivity (Wildman–Crippen MR) is 105 cm³/mol. The first-order chi connectivity index (χ1) is 12.4. The standard InChI is InChI=1S/C19H18Cl2N2O2S/c1-11-6-12(2)15(13(3)7-11)10-26-19-23-22-18(25-19)9-24-17-5-4-14(20)8-16(17)21/h4-8H,9-10H2,1-3H3. The van der Waals surface area contributed by atoms with Crippen LogP contribution in [0.5, 0.6) is 5.75 Å². The van der Waals surface area contributed by atoms with Crippen molar-refractivity contribution in [3.05, 3.63) is 68.5 Å². The highest BCUT2D eigenvalue weighted by Crippen LogP contribution is 2.29. The third-order valence-corrected chi connectivity index (χ3v) is 5.25. The summed E-state index contributed by atoms with van der Waals surface area (Å²) in [5.41, 5.74) is 5.11. The Labute approximate surface area is 166 Å². The van der Waals surface area contributed by atoms with Crippen molar-refractivity contribution in [2.45, 2.75) is 38.4 Å². The van der Waals surface area contributed by atoms with Crippen LogP contribution in [0.1, 0.15) is 28.1 Å². The Balaban J connectivity index is 1.60. The van der Waals surface area contributed by atoms with Gasteiger partial charge in [0.1, 0.15) is 5.75 Å². The molecule has 0 saturated carbocycles. The second kappa shape index (κ2) is 8.33. The van der Waals surface area contributed by atoms with Gasteiger partial charge in [-0.2, -0.15) is 0 Å². The molecule has 0 aliphatic rings. The first-order valence-electron chi connectivity index (χ1n) is 8.02. The van der Waals surface area contributed by atoms with E-state index in [4.69, 9.17) is 32.4 Å². The van der Waals surface area contributed by atoms with Crippen LogP contribution >= 0.6 is 35.0 Å². The highest BCUT2D eigenvalue weighted by molar-refractivity contribution is 7.98. The van der Waals surface area contributed by atoms with Crippen LogP contribution < -0.4 is 4.74 Å². The lowest BCUT2D eigenvalue weighted by atomic mass is 10.0. The molecule has 0 aliphatic carbocycles. The van der Waals surface area contributed by atoms with Crippen LogP contribution in [0, 0.1) is 20.8 Å². The zero-order valence-electron chi connectivity index (χ0n) is 14.7. The number of nitrogens with zero attached hydrogens (tertiary/aromatic N) is 2. The molecule has 0 N–H and O–H groups in total. The van der Waals surface area contributed by atoms with Gasteiger partial charge in [0.05, 0.1) is 5.02 Å². The average Bonchev–Trinajstić information content (AvgIpc) is 3.01. The summed E-state index contributed by atoms with van der Waals surface area (Å²) in [5.74, 6) is 1.70. The van der Waals surface area contributed by atoms with E-state index < -0.39 is 0 Å². The summed E-state index contributed by atoms with van der Waals surface area (Å²) < 4.78 is 11.3. The molecular formula is C19H18Cl2N2O2S. The monoisotopic (exact) mass is 408 g/mol. The number of aryl methyl sites for hydroxylation is 3. The lowest BCUT2D eigenvalue weighted by Crippen LogP contribution is -1.96. The summed E-state index contributed by atoms with van der Waals surface area (Å²) in [6, 6.07) is 9.42. The molecule has 0 saturated heterocycles. The van der Waals surface area contributed by atoms with Crippen molar-refractivity contribution in [1.29, 1.82) is 0 Å². The molecule has 1 heterocycles. The van der Waals surface area contributed by atoms with Gasteiger partial charge in [0.15, 0.2) is 6.61 Å². The van der Waals surface area contributed by atoms with Crippen molar-refractivity contribution in [3.63, 3.8) is 0 Å². The Morgan fingerprint density at radius 1 is 1.04 bits per heavy atom. The van der Waals surface area contributed by atoms with Crippen LogP contribution in [0.15, 0.2) is 40.0 Å². The molecule has 7 heteroatoms. The second-order valence-corrected chi connectivity index (χ2v) is 7.76. The maximum absolute atomic E-state index is 6.08. The summed E-state index contributed by atoms with van der Waals surface area (Å²) in [6.07, 6.45) is 0. The second-order valence-electron chi connectivity index (χ2n) is 5.99. The molecule has 3 rings (SSSR count). The Bertz CT molecular complexity index is 905. The van der Waals surface area contributed by atoms with Gasteiger partial charge in [0, 0.05) is 10.8 Å². The first-order valence-corrected chi connectivity index (χ1v) is 9.76. The average molecular weight is 409 g/mol. The topological polar surface area (TPSA) is 48.2 Å². The zero-order chi connectivity index (χ0) is 18.7. The summed E-state index contributed by atoms with van der Waals surface area (Å²) in [5, 5.41) is 9.60. The van der Waals surface area contributed by atoms with Crippen molar-refractivity contribution in [1.82, 2.24) is 10.2 Å². The molecule has 0 spiro atoms. The summed E-state index contributed by atoms with van der Waals surface area (Å²) in [7, 11) is 0. The molecule has 0 unspecified atom stereocenters. The van der Waals surface area contributed by atoms with Crippen LogP contribution in [0.25, 0.3) is 0 Å². The van der Waals surface area contributed by atoms with Crippen LogP contribution in [-0.4, -0.2) is 10.2 Å². The van der Waals surface area contributed by atoms with Crippen molar-refractivity contribution in [2.24, 2.45) is 0 Å². The fraction of sp³-hybridized carbons (Fsp3) is 0.263. The maximum Gasteiger partial charge on any atom is 0.277 e. The smallest absolute Gasteiger partial charge is 0.277 e. The number of halogens is 2. The normalized spacial score (nSPS) is 11.0. The quantitative estimate of drug-likeness (QED) is 0.456. The first kappa shape index (κ1) is 19.1. The van der Waals surface area contributed by atoms with E-state index in [1.807, 2.05) is 0 Å². The fourth-order valence-corrected chi connectivity index (χ4v) is 4.10. The largest absolute Gasteiger partial charge is 0.482 e. The molecule has 1 aromatic heterocycles. The number of rotatable bonds is 6. The minimum Gasteiger partial charge on any atom is -0.482 e. The van der Waals surface area contributed by atoms with Crippen LogP contribution in [0.3, 0.4) is 0 Å². The molecule has 2 aromatic carbocycles. The van der Waals surface area contributed by atoms with E-state index in [2.05, 4.69) is 43.1 Å². The minimum atomic E-state index is 0.150. The van der Waals surface area contributed by atoms with Crippen molar-refractivity contribution >= 4 is 35.0 Å². The highest BCUT2D eigenvalue weighted by Gasteiger charge is 2.11. The molecule has 0 bridgehead atoms. The van der Waals surface area contributed by atoms with Gasteiger partial charge in [-0.3, -0.25) is 0 Å². The number of thioether (sulfide) groups is 1. The SMILES string of the molecule is Cc1cc(C)c(CSc2nnc(COc3ccc(Cl)cc3Cl)o2)c(C)c1. The number of hydrogen-bond donors (Lipinski definition) is 0. The van der Waals surface area contributed by atoms with Gasteiger partial charge >= 0.3 is 0 Å². The Kier molecular flexibility index (Phi) is 6.12. The molecule has 0 aliphatic heterocycles. The van der Waals surface area contributed by atoms with Crippen molar-refractivity contribution < 1.29 is 9.15 Å². The fourth-order valence-electron chi connectivity index (χ4n) is 2.66. The molecule has 0 fully saturated rings. The van der Waals surface area contributed by atoms with Gasteiger partial charge in [-0.25, -0.2) is 0 Å². The summed E-state index contributed by atoms with van der Waals surface area (Å²) in [6.45, 7) is 6.50. The molecular weight excluding hydrogens is 391 g/mol. The molecule has 26 heavy (non-hydrogen) atoms. The maximum atomic E-state index is 6.08. The Morgan fingerprint density at radius 2 is 1.77 bits per heavy atom. The van der Waals surface area contributed by atoms with Gasteiger partial charge in [-0.05, 0) is 55.7 Å². The highest BCUT2D eigenvalue weighted by atomic mass is 35.5. The lowest BCUT2D eigenvalue weighted by Gasteiger charge is -2.09. The van der Waals surface area contributed by atoms with Crippen LogP contribution in [0.4, 0.5) is 0 Å². The molecule has 0 atom stereocenters. The molecule has 0 amide bonds. The van der Waals surface area contributed by atoms with E-state index in [0.717, 1.165) is 5.75 Å². The molecule has 4 nitrogen and oxygen atoms in total. The van der Waals surface area contributed by atoms with Crippen LogP contribution in [0.2, 0.25) is 10.0 Å². The predicted octanol–water partition coefficient (Wildman–Crippen LogP) is 6.17.